The number of anilines is 1. The fraction of sp³-hybridized carbons (Fsp3) is 0.733. The van der Waals surface area contributed by atoms with Crippen molar-refractivity contribution in [3.05, 3.63) is 18.1 Å². The maximum Gasteiger partial charge on any atom is 0.147 e. The summed E-state index contributed by atoms with van der Waals surface area (Å²) < 4.78 is 5.66. The lowest BCUT2D eigenvalue weighted by molar-refractivity contribution is 0.0340. The fourth-order valence-corrected chi connectivity index (χ4v) is 2.33. The molecule has 1 aromatic rings. The van der Waals surface area contributed by atoms with E-state index in [1.54, 1.807) is 0 Å². The molecule has 1 aromatic heterocycles. The van der Waals surface area contributed by atoms with Crippen LogP contribution in [0.3, 0.4) is 0 Å². The van der Waals surface area contributed by atoms with Crippen LogP contribution in [-0.4, -0.2) is 41.8 Å². The van der Waals surface area contributed by atoms with Gasteiger partial charge in [0, 0.05) is 19.3 Å². The zero-order chi connectivity index (χ0) is 14.5. The molecule has 2 atom stereocenters. The summed E-state index contributed by atoms with van der Waals surface area (Å²) in [6.07, 6.45) is 3.93. The van der Waals surface area contributed by atoms with E-state index in [9.17, 15) is 0 Å². The van der Waals surface area contributed by atoms with Gasteiger partial charge in [0.05, 0.1) is 30.6 Å². The molecule has 2 unspecified atom stereocenters. The monoisotopic (exact) mass is 278 g/mol. The van der Waals surface area contributed by atoms with Gasteiger partial charge in [-0.1, -0.05) is 13.8 Å². The van der Waals surface area contributed by atoms with Gasteiger partial charge in [-0.3, -0.25) is 4.98 Å². The van der Waals surface area contributed by atoms with E-state index in [0.29, 0.717) is 12.0 Å². The minimum absolute atomic E-state index is 0.246. The van der Waals surface area contributed by atoms with Crippen molar-refractivity contribution in [3.63, 3.8) is 0 Å². The minimum Gasteiger partial charge on any atom is -0.375 e. The normalized spacial score (nSPS) is 23.4. The highest BCUT2D eigenvalue weighted by Crippen LogP contribution is 2.19. The van der Waals surface area contributed by atoms with Gasteiger partial charge in [-0.25, -0.2) is 4.98 Å². The molecule has 0 bridgehead atoms. The molecule has 0 radical (unpaired) electrons. The van der Waals surface area contributed by atoms with E-state index in [-0.39, 0.29) is 6.10 Å². The predicted molar refractivity (Wildman–Crippen MR) is 80.8 cm³/mol. The van der Waals surface area contributed by atoms with Gasteiger partial charge in [0.15, 0.2) is 0 Å². The Kier molecular flexibility index (Phi) is 5.31. The highest BCUT2D eigenvalue weighted by molar-refractivity contribution is 5.38. The minimum atomic E-state index is 0.246. The van der Waals surface area contributed by atoms with E-state index in [2.05, 4.69) is 42.9 Å². The average molecular weight is 278 g/mol. The van der Waals surface area contributed by atoms with Gasteiger partial charge in [-0.05, 0) is 26.3 Å². The van der Waals surface area contributed by atoms with Gasteiger partial charge >= 0.3 is 0 Å². The van der Waals surface area contributed by atoms with E-state index < -0.39 is 0 Å². The number of nitrogens with zero attached hydrogens (tertiary/aromatic N) is 3. The topological polar surface area (TPSA) is 50.3 Å². The van der Waals surface area contributed by atoms with Crippen LogP contribution in [0.2, 0.25) is 0 Å². The number of rotatable bonds is 5. The van der Waals surface area contributed by atoms with Gasteiger partial charge in [0.25, 0.3) is 0 Å². The third-order valence-electron chi connectivity index (χ3n) is 3.43. The molecule has 1 saturated heterocycles. The third kappa shape index (κ3) is 4.15. The molecule has 20 heavy (non-hydrogen) atoms. The van der Waals surface area contributed by atoms with Crippen LogP contribution >= 0.6 is 0 Å². The second-order valence-corrected chi connectivity index (χ2v) is 6.04. The first-order valence-corrected chi connectivity index (χ1v) is 7.46. The van der Waals surface area contributed by atoms with Crippen LogP contribution in [0.25, 0.3) is 0 Å². The maximum atomic E-state index is 5.66. The molecule has 2 heterocycles. The van der Waals surface area contributed by atoms with Crippen LogP contribution in [0.15, 0.2) is 12.4 Å². The summed E-state index contributed by atoms with van der Waals surface area (Å²) >= 11 is 0. The molecule has 1 aliphatic heterocycles. The summed E-state index contributed by atoms with van der Waals surface area (Å²) in [5.74, 6) is 1.60. The lowest BCUT2D eigenvalue weighted by Gasteiger charge is -2.37. The predicted octanol–water partition coefficient (Wildman–Crippen LogP) is 1.84. The number of aromatic nitrogens is 2. The van der Waals surface area contributed by atoms with Crippen molar-refractivity contribution >= 4 is 5.82 Å². The number of morpholine rings is 1. The van der Waals surface area contributed by atoms with E-state index in [1.807, 2.05) is 12.4 Å². The van der Waals surface area contributed by atoms with Crippen LogP contribution in [0.5, 0.6) is 0 Å². The van der Waals surface area contributed by atoms with Crippen LogP contribution in [0.4, 0.5) is 5.82 Å². The lowest BCUT2D eigenvalue weighted by atomic mass is 10.2. The molecular formula is C15H26N4O. The maximum absolute atomic E-state index is 5.66. The van der Waals surface area contributed by atoms with Crippen LogP contribution in [0, 0.1) is 5.92 Å². The average Bonchev–Trinajstić information content (AvgIpc) is 2.41. The summed E-state index contributed by atoms with van der Waals surface area (Å²) in [6, 6.07) is 0.347. The first-order valence-electron chi connectivity index (χ1n) is 7.46. The summed E-state index contributed by atoms with van der Waals surface area (Å²) in [7, 11) is 0. The Morgan fingerprint density at radius 3 is 2.95 bits per heavy atom. The molecule has 1 fully saturated rings. The van der Waals surface area contributed by atoms with Crippen molar-refractivity contribution in [2.24, 2.45) is 5.92 Å². The molecule has 1 aliphatic rings. The van der Waals surface area contributed by atoms with Crippen molar-refractivity contribution in [1.29, 1.82) is 0 Å². The number of nitrogens with one attached hydrogen (secondary N) is 1. The van der Waals surface area contributed by atoms with Crippen molar-refractivity contribution in [2.45, 2.75) is 46.4 Å². The summed E-state index contributed by atoms with van der Waals surface area (Å²) in [5.41, 5.74) is 0.995. The Hall–Kier alpha value is -1.20. The van der Waals surface area contributed by atoms with Gasteiger partial charge in [0.1, 0.15) is 5.82 Å². The van der Waals surface area contributed by atoms with Gasteiger partial charge in [-0.2, -0.15) is 0 Å². The standard InChI is InChI=1S/C15H26N4O/c1-11(2)5-16-6-14-7-17-8-15(18-14)19-9-13(4)20-10-12(19)3/h7-8,11-13,16H,5-6,9-10H2,1-4H3. The van der Waals surface area contributed by atoms with E-state index in [1.165, 1.54) is 0 Å². The van der Waals surface area contributed by atoms with E-state index >= 15 is 0 Å². The Balaban J connectivity index is 2.01. The highest BCUT2D eigenvalue weighted by Gasteiger charge is 2.24. The molecule has 0 aliphatic carbocycles. The van der Waals surface area contributed by atoms with Crippen LogP contribution in [-0.2, 0) is 11.3 Å². The van der Waals surface area contributed by atoms with E-state index in [4.69, 9.17) is 9.72 Å². The van der Waals surface area contributed by atoms with Crippen LogP contribution in [0.1, 0.15) is 33.4 Å². The Morgan fingerprint density at radius 1 is 1.40 bits per heavy atom. The zero-order valence-corrected chi connectivity index (χ0v) is 13.0. The molecular weight excluding hydrogens is 252 g/mol. The molecule has 1 N–H and O–H groups in total. The molecule has 112 valence electrons. The van der Waals surface area contributed by atoms with Crippen molar-refractivity contribution in [2.75, 3.05) is 24.6 Å². The highest BCUT2D eigenvalue weighted by atomic mass is 16.5. The summed E-state index contributed by atoms with van der Waals surface area (Å²) in [6.45, 7) is 12.1. The Labute approximate surface area is 121 Å². The summed E-state index contributed by atoms with van der Waals surface area (Å²) in [5, 5.41) is 3.41. The number of ether oxygens (including phenoxy) is 1. The van der Waals surface area contributed by atoms with E-state index in [0.717, 1.165) is 37.8 Å². The SMILES string of the molecule is CC(C)CNCc1cncc(N2CC(C)OCC2C)n1. The Morgan fingerprint density at radius 2 is 2.20 bits per heavy atom. The smallest absolute Gasteiger partial charge is 0.147 e. The first kappa shape index (κ1) is 15.2. The second-order valence-electron chi connectivity index (χ2n) is 6.04. The van der Waals surface area contributed by atoms with Crippen molar-refractivity contribution in [3.8, 4) is 0 Å². The first-order chi connectivity index (χ1) is 9.56. The van der Waals surface area contributed by atoms with Gasteiger partial charge < -0.3 is 15.0 Å². The molecule has 2 rings (SSSR count). The second kappa shape index (κ2) is 6.99. The molecule has 0 spiro atoms. The molecule has 0 aromatic carbocycles. The van der Waals surface area contributed by atoms with Crippen molar-refractivity contribution in [1.82, 2.24) is 15.3 Å². The fourth-order valence-electron chi connectivity index (χ4n) is 2.33. The number of hydrogen-bond donors (Lipinski definition) is 1. The van der Waals surface area contributed by atoms with Crippen LogP contribution < -0.4 is 10.2 Å². The molecule has 0 saturated carbocycles. The quantitative estimate of drug-likeness (QED) is 0.890. The molecule has 5 nitrogen and oxygen atoms in total. The summed E-state index contributed by atoms with van der Waals surface area (Å²) in [4.78, 5) is 11.3. The van der Waals surface area contributed by atoms with Gasteiger partial charge in [-0.15, -0.1) is 0 Å². The third-order valence-corrected chi connectivity index (χ3v) is 3.43. The number of hydrogen-bond acceptors (Lipinski definition) is 5. The van der Waals surface area contributed by atoms with Crippen molar-refractivity contribution < 1.29 is 4.74 Å². The van der Waals surface area contributed by atoms with Gasteiger partial charge in [0.2, 0.25) is 0 Å². The zero-order valence-electron chi connectivity index (χ0n) is 13.0. The lowest BCUT2D eigenvalue weighted by Crippen LogP contribution is -2.47. The molecule has 5 heteroatoms. The molecule has 0 amide bonds. The largest absolute Gasteiger partial charge is 0.375 e. The Bertz CT molecular complexity index is 424.